The van der Waals surface area contributed by atoms with Crippen molar-refractivity contribution in [3.8, 4) is 11.5 Å². The quantitative estimate of drug-likeness (QED) is 0.774. The molecular formula is C20H23ClN2O4. The Morgan fingerprint density at radius 3 is 2.52 bits per heavy atom. The predicted octanol–water partition coefficient (Wildman–Crippen LogP) is 4.05. The highest BCUT2D eigenvalue weighted by Crippen LogP contribution is 2.29. The molecule has 0 aliphatic carbocycles. The molecule has 7 heteroatoms. The molecule has 0 saturated heterocycles. The van der Waals surface area contributed by atoms with Crippen molar-refractivity contribution in [2.45, 2.75) is 20.3 Å². The maximum absolute atomic E-state index is 12.4. The molecule has 2 aromatic rings. The van der Waals surface area contributed by atoms with Gasteiger partial charge in [-0.25, -0.2) is 0 Å². The predicted molar refractivity (Wildman–Crippen MR) is 107 cm³/mol. The lowest BCUT2D eigenvalue weighted by molar-refractivity contribution is -0.117. The maximum atomic E-state index is 12.4. The van der Waals surface area contributed by atoms with Crippen molar-refractivity contribution in [1.29, 1.82) is 0 Å². The zero-order chi connectivity index (χ0) is 20.0. The lowest BCUT2D eigenvalue weighted by atomic mass is 10.1. The third-order valence-corrected chi connectivity index (χ3v) is 4.56. The van der Waals surface area contributed by atoms with Crippen LogP contribution in [-0.4, -0.2) is 32.6 Å². The molecule has 27 heavy (non-hydrogen) atoms. The van der Waals surface area contributed by atoms with Crippen LogP contribution in [0.4, 0.5) is 11.4 Å². The van der Waals surface area contributed by atoms with E-state index < -0.39 is 0 Å². The number of carbonyl (C=O) groups is 2. The number of hydrogen-bond donors (Lipinski definition) is 1. The Morgan fingerprint density at radius 1 is 1.15 bits per heavy atom. The molecule has 144 valence electrons. The number of benzene rings is 2. The lowest BCUT2D eigenvalue weighted by Crippen LogP contribution is -2.32. The molecule has 0 aromatic heterocycles. The summed E-state index contributed by atoms with van der Waals surface area (Å²) >= 11 is 6.15. The maximum Gasteiger partial charge on any atom is 0.226 e. The van der Waals surface area contributed by atoms with Gasteiger partial charge in [0.1, 0.15) is 11.5 Å². The molecule has 2 amide bonds. The highest BCUT2D eigenvalue weighted by molar-refractivity contribution is 6.31. The van der Waals surface area contributed by atoms with Crippen LogP contribution in [0.5, 0.6) is 11.5 Å². The van der Waals surface area contributed by atoms with E-state index in [9.17, 15) is 9.59 Å². The molecule has 0 radical (unpaired) electrons. The SMILES string of the molecule is COc1ccc(NC(=O)CCN(C(C)=O)c2cccc(Cl)c2C)c(OC)c1. The number of hydrogen-bond acceptors (Lipinski definition) is 4. The fraction of sp³-hybridized carbons (Fsp3) is 0.300. The van der Waals surface area contributed by atoms with Crippen molar-refractivity contribution in [2.24, 2.45) is 0 Å². The van der Waals surface area contributed by atoms with Gasteiger partial charge in [0.05, 0.1) is 19.9 Å². The number of ether oxygens (including phenoxy) is 2. The summed E-state index contributed by atoms with van der Waals surface area (Å²) in [4.78, 5) is 26.0. The fourth-order valence-electron chi connectivity index (χ4n) is 2.66. The second-order valence-corrected chi connectivity index (χ2v) is 6.33. The van der Waals surface area contributed by atoms with Gasteiger partial charge >= 0.3 is 0 Å². The number of rotatable bonds is 7. The molecule has 0 bridgehead atoms. The van der Waals surface area contributed by atoms with Crippen LogP contribution in [0.1, 0.15) is 18.9 Å². The topological polar surface area (TPSA) is 67.9 Å². The molecule has 0 aliphatic heterocycles. The first-order valence-electron chi connectivity index (χ1n) is 8.42. The number of nitrogens with zero attached hydrogens (tertiary/aromatic N) is 1. The van der Waals surface area contributed by atoms with E-state index in [2.05, 4.69) is 5.32 Å². The average molecular weight is 391 g/mol. The van der Waals surface area contributed by atoms with E-state index in [4.69, 9.17) is 21.1 Å². The van der Waals surface area contributed by atoms with Gasteiger partial charge in [0, 0.05) is 36.7 Å². The Morgan fingerprint density at radius 2 is 1.89 bits per heavy atom. The molecule has 1 N–H and O–H groups in total. The molecule has 0 fully saturated rings. The molecule has 2 aromatic carbocycles. The molecule has 0 atom stereocenters. The second-order valence-electron chi connectivity index (χ2n) is 5.92. The molecule has 6 nitrogen and oxygen atoms in total. The third kappa shape index (κ3) is 5.14. The summed E-state index contributed by atoms with van der Waals surface area (Å²) in [5.41, 5.74) is 2.04. The fourth-order valence-corrected chi connectivity index (χ4v) is 2.83. The monoisotopic (exact) mass is 390 g/mol. The molecule has 0 aliphatic rings. The Labute approximate surface area is 164 Å². The molecular weight excluding hydrogens is 368 g/mol. The first kappa shape index (κ1) is 20.6. The molecule has 0 saturated carbocycles. The summed E-state index contributed by atoms with van der Waals surface area (Å²) in [6.07, 6.45) is 0.126. The van der Waals surface area contributed by atoms with Crippen LogP contribution in [0.3, 0.4) is 0 Å². The number of amides is 2. The summed E-state index contributed by atoms with van der Waals surface area (Å²) in [7, 11) is 3.07. The van der Waals surface area contributed by atoms with E-state index in [1.165, 1.54) is 14.0 Å². The summed E-state index contributed by atoms with van der Waals surface area (Å²) in [5, 5.41) is 3.38. The number of methoxy groups -OCH3 is 2. The van der Waals surface area contributed by atoms with E-state index in [1.807, 2.05) is 13.0 Å². The Kier molecular flexibility index (Phi) is 7.07. The van der Waals surface area contributed by atoms with Crippen molar-refractivity contribution < 1.29 is 19.1 Å². The summed E-state index contributed by atoms with van der Waals surface area (Å²) in [5.74, 6) is 0.737. The largest absolute Gasteiger partial charge is 0.497 e. The zero-order valence-corrected chi connectivity index (χ0v) is 16.6. The highest BCUT2D eigenvalue weighted by Gasteiger charge is 2.17. The van der Waals surface area contributed by atoms with Crippen LogP contribution >= 0.6 is 11.6 Å². The minimum Gasteiger partial charge on any atom is -0.497 e. The van der Waals surface area contributed by atoms with Crippen molar-refractivity contribution in [3.05, 3.63) is 47.0 Å². The number of nitrogens with one attached hydrogen (secondary N) is 1. The summed E-state index contributed by atoms with van der Waals surface area (Å²) < 4.78 is 10.4. The van der Waals surface area contributed by atoms with E-state index >= 15 is 0 Å². The third-order valence-electron chi connectivity index (χ3n) is 4.16. The Hall–Kier alpha value is -2.73. The van der Waals surface area contributed by atoms with Crippen LogP contribution < -0.4 is 19.7 Å². The van der Waals surface area contributed by atoms with Gasteiger partial charge in [-0.2, -0.15) is 0 Å². The summed E-state index contributed by atoms with van der Waals surface area (Å²) in [6, 6.07) is 10.5. The summed E-state index contributed by atoms with van der Waals surface area (Å²) in [6.45, 7) is 3.54. The number of carbonyl (C=O) groups excluding carboxylic acids is 2. The van der Waals surface area contributed by atoms with Crippen molar-refractivity contribution in [3.63, 3.8) is 0 Å². The molecule has 0 heterocycles. The standard InChI is InChI=1S/C20H23ClN2O4/c1-13-16(21)6-5-7-18(13)23(14(2)24)11-10-20(25)22-17-9-8-15(26-3)12-19(17)27-4/h5-9,12H,10-11H2,1-4H3,(H,22,25). The van der Waals surface area contributed by atoms with Crippen LogP contribution in [0.25, 0.3) is 0 Å². The first-order valence-corrected chi connectivity index (χ1v) is 8.80. The van der Waals surface area contributed by atoms with Gasteiger partial charge in [-0.1, -0.05) is 17.7 Å². The van der Waals surface area contributed by atoms with E-state index in [-0.39, 0.29) is 24.8 Å². The smallest absolute Gasteiger partial charge is 0.226 e. The normalized spacial score (nSPS) is 10.3. The van der Waals surface area contributed by atoms with Gasteiger partial charge in [0.15, 0.2) is 0 Å². The van der Waals surface area contributed by atoms with Crippen molar-refractivity contribution in [2.75, 3.05) is 31.0 Å². The van der Waals surface area contributed by atoms with Crippen LogP contribution in [0.2, 0.25) is 5.02 Å². The number of halogens is 1. The highest BCUT2D eigenvalue weighted by atomic mass is 35.5. The number of anilines is 2. The van der Waals surface area contributed by atoms with E-state index in [1.54, 1.807) is 42.3 Å². The van der Waals surface area contributed by atoms with Gasteiger partial charge in [-0.05, 0) is 36.8 Å². The zero-order valence-electron chi connectivity index (χ0n) is 15.8. The Bertz CT molecular complexity index is 839. The van der Waals surface area contributed by atoms with Gasteiger partial charge in [-0.15, -0.1) is 0 Å². The van der Waals surface area contributed by atoms with Crippen LogP contribution in [0, 0.1) is 6.92 Å². The van der Waals surface area contributed by atoms with Crippen molar-refractivity contribution >= 4 is 34.8 Å². The minimum atomic E-state index is -0.232. The molecule has 0 spiro atoms. The first-order chi connectivity index (χ1) is 12.9. The van der Waals surface area contributed by atoms with Gasteiger partial charge in [0.2, 0.25) is 11.8 Å². The van der Waals surface area contributed by atoms with Crippen LogP contribution in [-0.2, 0) is 9.59 Å². The van der Waals surface area contributed by atoms with Crippen molar-refractivity contribution in [1.82, 2.24) is 0 Å². The second kappa shape index (κ2) is 9.28. The van der Waals surface area contributed by atoms with Gasteiger partial charge in [0.25, 0.3) is 0 Å². The molecule has 2 rings (SSSR count). The lowest BCUT2D eigenvalue weighted by Gasteiger charge is -2.23. The van der Waals surface area contributed by atoms with E-state index in [0.29, 0.717) is 27.9 Å². The van der Waals surface area contributed by atoms with Gasteiger partial charge < -0.3 is 19.7 Å². The Balaban J connectivity index is 2.09. The molecule has 0 unspecified atom stereocenters. The average Bonchev–Trinajstić information content (AvgIpc) is 2.65. The minimum absolute atomic E-state index is 0.126. The van der Waals surface area contributed by atoms with Gasteiger partial charge in [-0.3, -0.25) is 9.59 Å². The van der Waals surface area contributed by atoms with E-state index in [0.717, 1.165) is 5.56 Å². The van der Waals surface area contributed by atoms with Crippen LogP contribution in [0.15, 0.2) is 36.4 Å².